The van der Waals surface area contributed by atoms with Gasteiger partial charge in [-0.25, -0.2) is 0 Å². The largest absolute Gasteiger partial charge is 0.481 e. The van der Waals surface area contributed by atoms with Crippen LogP contribution in [0.5, 0.6) is 5.75 Å². The molecular weight excluding hydrogens is 333 g/mol. The Morgan fingerprint density at radius 1 is 1.05 bits per heavy atom. The maximum atomic E-state index is 11.7. The number of hydrogen-bond donors (Lipinski definition) is 1. The van der Waals surface area contributed by atoms with E-state index in [1.807, 2.05) is 30.3 Å². The van der Waals surface area contributed by atoms with E-state index < -0.39 is 0 Å². The van der Waals surface area contributed by atoms with Crippen molar-refractivity contribution in [1.29, 1.82) is 0 Å². The first-order chi connectivity index (χ1) is 10.1. The molecule has 110 valence electrons. The van der Waals surface area contributed by atoms with Crippen LogP contribution in [0.15, 0.2) is 42.5 Å². The topological polar surface area (TPSA) is 38.3 Å². The summed E-state index contributed by atoms with van der Waals surface area (Å²) in [6.45, 7) is 0.263. The number of rotatable bonds is 5. The van der Waals surface area contributed by atoms with E-state index in [1.165, 1.54) is 12.1 Å². The third-order valence-corrected chi connectivity index (χ3v) is 3.42. The SMILES string of the molecule is O=C(COc1c(Cl)cc(Cl)cc1Cl)NCc1ccccc1. The molecule has 0 aliphatic rings. The van der Waals surface area contributed by atoms with Crippen molar-refractivity contribution in [3.8, 4) is 5.75 Å². The summed E-state index contributed by atoms with van der Waals surface area (Å²) in [6.07, 6.45) is 0. The fraction of sp³-hybridized carbons (Fsp3) is 0.133. The monoisotopic (exact) mass is 343 g/mol. The zero-order valence-corrected chi connectivity index (χ0v) is 13.2. The summed E-state index contributed by atoms with van der Waals surface area (Å²) >= 11 is 17.7. The third kappa shape index (κ3) is 4.81. The first kappa shape index (κ1) is 16.0. The van der Waals surface area contributed by atoms with E-state index >= 15 is 0 Å². The summed E-state index contributed by atoms with van der Waals surface area (Å²) in [5, 5.41) is 3.69. The first-order valence-electron chi connectivity index (χ1n) is 6.14. The summed E-state index contributed by atoms with van der Waals surface area (Å²) in [7, 11) is 0. The van der Waals surface area contributed by atoms with E-state index in [4.69, 9.17) is 39.5 Å². The average Bonchev–Trinajstić information content (AvgIpc) is 2.45. The zero-order chi connectivity index (χ0) is 15.2. The van der Waals surface area contributed by atoms with Gasteiger partial charge in [0.05, 0.1) is 10.0 Å². The molecule has 0 radical (unpaired) electrons. The molecule has 0 spiro atoms. The Hall–Kier alpha value is -1.42. The van der Waals surface area contributed by atoms with Gasteiger partial charge in [0, 0.05) is 11.6 Å². The molecule has 0 aromatic heterocycles. The van der Waals surface area contributed by atoms with Gasteiger partial charge in [-0.2, -0.15) is 0 Å². The molecule has 2 aromatic carbocycles. The van der Waals surface area contributed by atoms with Crippen LogP contribution < -0.4 is 10.1 Å². The van der Waals surface area contributed by atoms with Gasteiger partial charge in [-0.1, -0.05) is 65.1 Å². The van der Waals surface area contributed by atoms with E-state index in [0.29, 0.717) is 11.6 Å². The van der Waals surface area contributed by atoms with Gasteiger partial charge in [0.2, 0.25) is 0 Å². The number of amides is 1. The van der Waals surface area contributed by atoms with Crippen LogP contribution in [0, 0.1) is 0 Å². The molecule has 0 atom stereocenters. The minimum atomic E-state index is -0.263. The fourth-order valence-electron chi connectivity index (χ4n) is 1.65. The lowest BCUT2D eigenvalue weighted by atomic mass is 10.2. The van der Waals surface area contributed by atoms with Crippen molar-refractivity contribution >= 4 is 40.7 Å². The third-order valence-electron chi connectivity index (χ3n) is 2.64. The number of carbonyl (C=O) groups excluding carboxylic acids is 1. The van der Waals surface area contributed by atoms with Crippen molar-refractivity contribution in [3.63, 3.8) is 0 Å². The van der Waals surface area contributed by atoms with Gasteiger partial charge in [-0.05, 0) is 17.7 Å². The second kappa shape index (κ2) is 7.55. The minimum absolute atomic E-state index is 0.173. The van der Waals surface area contributed by atoms with E-state index in [9.17, 15) is 4.79 Å². The molecule has 0 bridgehead atoms. The highest BCUT2D eigenvalue weighted by molar-refractivity contribution is 6.40. The van der Waals surface area contributed by atoms with Crippen molar-refractivity contribution in [2.75, 3.05) is 6.61 Å². The molecule has 21 heavy (non-hydrogen) atoms. The maximum Gasteiger partial charge on any atom is 0.258 e. The second-order valence-electron chi connectivity index (χ2n) is 4.25. The van der Waals surface area contributed by atoms with Crippen molar-refractivity contribution in [1.82, 2.24) is 5.32 Å². The Bertz CT molecular complexity index is 609. The quantitative estimate of drug-likeness (QED) is 0.876. The number of benzene rings is 2. The molecule has 0 saturated heterocycles. The Balaban J connectivity index is 1.87. The zero-order valence-electron chi connectivity index (χ0n) is 10.9. The standard InChI is InChI=1S/C15H12Cl3NO2/c16-11-6-12(17)15(13(18)7-11)21-9-14(20)19-8-10-4-2-1-3-5-10/h1-7H,8-9H2,(H,19,20). The van der Waals surface area contributed by atoms with Gasteiger partial charge >= 0.3 is 0 Å². The predicted octanol–water partition coefficient (Wildman–Crippen LogP) is 4.34. The number of carbonyl (C=O) groups is 1. The molecule has 6 heteroatoms. The van der Waals surface area contributed by atoms with E-state index in [0.717, 1.165) is 5.56 Å². The lowest BCUT2D eigenvalue weighted by molar-refractivity contribution is -0.123. The van der Waals surface area contributed by atoms with Crippen LogP contribution in [0.4, 0.5) is 0 Å². The van der Waals surface area contributed by atoms with Gasteiger partial charge < -0.3 is 10.1 Å². The summed E-state index contributed by atoms with van der Waals surface area (Å²) in [6, 6.07) is 12.6. The van der Waals surface area contributed by atoms with Crippen LogP contribution in [0.1, 0.15) is 5.56 Å². The van der Waals surface area contributed by atoms with Crippen LogP contribution in [-0.2, 0) is 11.3 Å². The molecule has 2 rings (SSSR count). The van der Waals surface area contributed by atoms with Crippen molar-refractivity contribution in [2.45, 2.75) is 6.54 Å². The predicted molar refractivity (Wildman–Crippen MR) is 85.3 cm³/mol. The molecule has 2 aromatic rings. The molecular formula is C15H12Cl3NO2. The molecule has 0 heterocycles. The molecule has 0 saturated carbocycles. The minimum Gasteiger partial charge on any atom is -0.481 e. The molecule has 0 unspecified atom stereocenters. The fourth-order valence-corrected chi connectivity index (χ4v) is 2.58. The Morgan fingerprint density at radius 3 is 2.29 bits per heavy atom. The van der Waals surface area contributed by atoms with Gasteiger partial charge in [0.1, 0.15) is 0 Å². The average molecular weight is 345 g/mol. The summed E-state index contributed by atoms with van der Waals surface area (Å²) in [5.41, 5.74) is 1.01. The smallest absolute Gasteiger partial charge is 0.258 e. The molecule has 3 nitrogen and oxygen atoms in total. The van der Waals surface area contributed by atoms with Crippen molar-refractivity contribution in [2.24, 2.45) is 0 Å². The Kier molecular flexibility index (Phi) is 5.74. The second-order valence-corrected chi connectivity index (χ2v) is 5.50. The van der Waals surface area contributed by atoms with Crippen molar-refractivity contribution < 1.29 is 9.53 Å². The summed E-state index contributed by atoms with van der Waals surface area (Å²) < 4.78 is 5.34. The number of hydrogen-bond acceptors (Lipinski definition) is 2. The molecule has 0 aliphatic carbocycles. The highest BCUT2D eigenvalue weighted by Gasteiger charge is 2.11. The number of nitrogens with one attached hydrogen (secondary N) is 1. The van der Waals surface area contributed by atoms with E-state index in [-0.39, 0.29) is 28.3 Å². The molecule has 1 N–H and O–H groups in total. The number of halogens is 3. The highest BCUT2D eigenvalue weighted by Crippen LogP contribution is 2.35. The maximum absolute atomic E-state index is 11.7. The van der Waals surface area contributed by atoms with Gasteiger partial charge in [-0.15, -0.1) is 0 Å². The number of ether oxygens (including phenoxy) is 1. The lowest BCUT2D eigenvalue weighted by Gasteiger charge is -2.10. The molecule has 0 fully saturated rings. The van der Waals surface area contributed by atoms with Crippen LogP contribution in [0.2, 0.25) is 15.1 Å². The summed E-state index contributed by atoms with van der Waals surface area (Å²) in [5.74, 6) is -0.0152. The van der Waals surface area contributed by atoms with Crippen LogP contribution >= 0.6 is 34.8 Å². The van der Waals surface area contributed by atoms with E-state index in [1.54, 1.807) is 0 Å². The Morgan fingerprint density at radius 2 is 1.67 bits per heavy atom. The van der Waals surface area contributed by atoms with Crippen LogP contribution in [0.3, 0.4) is 0 Å². The molecule has 0 aliphatic heterocycles. The van der Waals surface area contributed by atoms with Gasteiger partial charge in [0.15, 0.2) is 12.4 Å². The summed E-state index contributed by atoms with van der Waals surface area (Å²) in [4.78, 5) is 11.7. The van der Waals surface area contributed by atoms with Gasteiger partial charge in [0.25, 0.3) is 5.91 Å². The van der Waals surface area contributed by atoms with Crippen LogP contribution in [-0.4, -0.2) is 12.5 Å². The Labute approximate surface area is 137 Å². The normalized spacial score (nSPS) is 10.2. The van der Waals surface area contributed by atoms with Crippen molar-refractivity contribution in [3.05, 3.63) is 63.1 Å². The van der Waals surface area contributed by atoms with Gasteiger partial charge in [-0.3, -0.25) is 4.79 Å². The lowest BCUT2D eigenvalue weighted by Crippen LogP contribution is -2.28. The van der Waals surface area contributed by atoms with E-state index in [2.05, 4.69) is 5.32 Å². The highest BCUT2D eigenvalue weighted by atomic mass is 35.5. The first-order valence-corrected chi connectivity index (χ1v) is 7.27. The van der Waals surface area contributed by atoms with Crippen LogP contribution in [0.25, 0.3) is 0 Å². The molecule has 1 amide bonds.